The number of sulfonamides is 1. The number of ether oxygens (including phenoxy) is 1. The van der Waals surface area contributed by atoms with E-state index in [1.54, 1.807) is 20.8 Å². The summed E-state index contributed by atoms with van der Waals surface area (Å²) in [5.41, 5.74) is -0.597. The molecule has 0 saturated carbocycles. The minimum Gasteiger partial charge on any atom is -0.444 e. The van der Waals surface area contributed by atoms with Gasteiger partial charge in [0.2, 0.25) is 10.0 Å². The Balaban J connectivity index is 2.06. The summed E-state index contributed by atoms with van der Waals surface area (Å²) in [7, 11) is -3.85. The van der Waals surface area contributed by atoms with Crippen molar-refractivity contribution in [3.63, 3.8) is 0 Å². The molecule has 0 bridgehead atoms. The molecule has 1 fully saturated rings. The highest BCUT2D eigenvalue weighted by atomic mass is 79.9. The van der Waals surface area contributed by atoms with Crippen LogP contribution in [0.1, 0.15) is 27.2 Å². The zero-order valence-corrected chi connectivity index (χ0v) is 18.0. The second-order valence-corrected chi connectivity index (χ2v) is 11.0. The van der Waals surface area contributed by atoms with Crippen molar-refractivity contribution in [3.05, 3.63) is 13.1 Å². The van der Waals surface area contributed by atoms with Gasteiger partial charge in [-0.2, -0.15) is 0 Å². The number of carbonyl (C=O) groups excluding carboxylic acids is 1. The summed E-state index contributed by atoms with van der Waals surface area (Å²) in [4.78, 5) is 13.4. The van der Waals surface area contributed by atoms with E-state index in [0.29, 0.717) is 13.0 Å². The lowest BCUT2D eigenvalue weighted by Gasteiger charge is -2.24. The minimum atomic E-state index is -3.85. The molecule has 1 saturated heterocycles. The average molecular weight is 480 g/mol. The normalized spacial score (nSPS) is 18.9. The molecule has 136 valence electrons. The lowest BCUT2D eigenvalue weighted by Crippen LogP contribution is -2.40. The fourth-order valence-electron chi connectivity index (χ4n) is 2.20. The number of halogens is 3. The summed E-state index contributed by atoms with van der Waals surface area (Å²) in [5, 5.41) is 0. The standard InChI is InChI=1S/C13H17BrCl2N2O4S2/c1-13(2,3)22-12(19)18-5-4-7(6-18)17-24(20,21)9-8(14)10(15)23-11(9)16/h7,17H,4-6H2,1-3H3/t7-/m1/s1. The summed E-state index contributed by atoms with van der Waals surface area (Å²) in [5.74, 6) is 0. The number of amides is 1. The van der Waals surface area contributed by atoms with Crippen LogP contribution in [0.2, 0.25) is 8.67 Å². The summed E-state index contributed by atoms with van der Waals surface area (Å²) in [6.45, 7) is 5.99. The predicted octanol–water partition coefficient (Wildman–Crippen LogP) is 4.11. The minimum absolute atomic E-state index is 0.0742. The Hall–Kier alpha value is -0.0600. The first-order valence-electron chi connectivity index (χ1n) is 7.04. The van der Waals surface area contributed by atoms with Crippen molar-refractivity contribution in [2.45, 2.75) is 43.7 Å². The number of rotatable bonds is 3. The zero-order valence-electron chi connectivity index (χ0n) is 13.2. The Kier molecular flexibility index (Phi) is 6.15. The largest absolute Gasteiger partial charge is 0.444 e. The molecule has 0 aromatic carbocycles. The molecule has 0 spiro atoms. The van der Waals surface area contributed by atoms with Crippen LogP contribution >= 0.6 is 50.5 Å². The molecule has 11 heteroatoms. The van der Waals surface area contributed by atoms with Crippen LogP contribution in [0, 0.1) is 0 Å². The summed E-state index contributed by atoms with van der Waals surface area (Å²) >= 11 is 16.0. The third-order valence-corrected chi connectivity index (χ3v) is 8.14. The third kappa shape index (κ3) is 4.76. The number of hydrogen-bond acceptors (Lipinski definition) is 5. The van der Waals surface area contributed by atoms with Crippen LogP contribution in [0.5, 0.6) is 0 Å². The van der Waals surface area contributed by atoms with Gasteiger partial charge in [-0.1, -0.05) is 23.2 Å². The second-order valence-electron chi connectivity index (χ2n) is 6.33. The molecular weight excluding hydrogens is 463 g/mol. The Bertz CT molecular complexity index is 746. The molecule has 6 nitrogen and oxygen atoms in total. The molecule has 1 aliphatic rings. The van der Waals surface area contributed by atoms with E-state index >= 15 is 0 Å². The van der Waals surface area contributed by atoms with Gasteiger partial charge in [0, 0.05) is 19.1 Å². The molecule has 1 atom stereocenters. The van der Waals surface area contributed by atoms with E-state index in [0.717, 1.165) is 11.3 Å². The molecule has 24 heavy (non-hydrogen) atoms. The first-order valence-corrected chi connectivity index (χ1v) is 10.9. The van der Waals surface area contributed by atoms with Crippen LogP contribution in [-0.2, 0) is 14.8 Å². The van der Waals surface area contributed by atoms with E-state index < -0.39 is 27.8 Å². The van der Waals surface area contributed by atoms with E-state index in [1.807, 2.05) is 0 Å². The Morgan fingerprint density at radius 2 is 2.00 bits per heavy atom. The lowest BCUT2D eigenvalue weighted by molar-refractivity contribution is 0.0292. The summed E-state index contributed by atoms with van der Waals surface area (Å²) in [6, 6.07) is -0.413. The quantitative estimate of drug-likeness (QED) is 0.707. The number of likely N-dealkylation sites (tertiary alicyclic amines) is 1. The van der Waals surface area contributed by atoms with Gasteiger partial charge in [-0.25, -0.2) is 17.9 Å². The number of nitrogens with one attached hydrogen (secondary N) is 1. The Morgan fingerprint density at radius 1 is 1.38 bits per heavy atom. The number of thiophene rings is 1. The second kappa shape index (κ2) is 7.28. The molecule has 0 radical (unpaired) electrons. The number of carbonyl (C=O) groups is 1. The topological polar surface area (TPSA) is 75.7 Å². The van der Waals surface area contributed by atoms with Crippen LogP contribution < -0.4 is 4.72 Å². The molecule has 1 amide bonds. The highest BCUT2D eigenvalue weighted by Gasteiger charge is 2.34. The van der Waals surface area contributed by atoms with Crippen LogP contribution in [0.25, 0.3) is 0 Å². The fraction of sp³-hybridized carbons (Fsp3) is 0.615. The lowest BCUT2D eigenvalue weighted by atomic mass is 10.2. The molecule has 2 heterocycles. The van der Waals surface area contributed by atoms with E-state index in [4.69, 9.17) is 27.9 Å². The molecule has 2 rings (SSSR count). The van der Waals surface area contributed by atoms with Gasteiger partial charge in [-0.15, -0.1) is 11.3 Å². The van der Waals surface area contributed by atoms with E-state index in [9.17, 15) is 13.2 Å². The molecule has 1 aromatic heterocycles. The zero-order chi connectivity index (χ0) is 18.3. The molecular formula is C13H17BrCl2N2O4S2. The fourth-order valence-corrected chi connectivity index (χ4v) is 7.01. The highest BCUT2D eigenvalue weighted by molar-refractivity contribution is 9.10. The van der Waals surface area contributed by atoms with Gasteiger partial charge < -0.3 is 9.64 Å². The van der Waals surface area contributed by atoms with Gasteiger partial charge in [0.15, 0.2) is 0 Å². The van der Waals surface area contributed by atoms with Crippen LogP contribution in [0.15, 0.2) is 9.37 Å². The van der Waals surface area contributed by atoms with Gasteiger partial charge >= 0.3 is 6.09 Å². The SMILES string of the molecule is CC(C)(C)OC(=O)N1CC[C@@H](NS(=O)(=O)c2c(Cl)sc(Cl)c2Br)C1. The maximum absolute atomic E-state index is 12.5. The van der Waals surface area contributed by atoms with E-state index in [-0.39, 0.29) is 24.6 Å². The number of nitrogens with zero attached hydrogens (tertiary/aromatic N) is 1. The monoisotopic (exact) mass is 478 g/mol. The van der Waals surface area contributed by atoms with Crippen molar-refractivity contribution in [1.29, 1.82) is 0 Å². The molecule has 1 aromatic rings. The van der Waals surface area contributed by atoms with Gasteiger partial charge in [0.25, 0.3) is 0 Å². The predicted molar refractivity (Wildman–Crippen MR) is 98.6 cm³/mol. The Morgan fingerprint density at radius 3 is 2.50 bits per heavy atom. The number of hydrogen-bond donors (Lipinski definition) is 1. The smallest absolute Gasteiger partial charge is 0.410 e. The van der Waals surface area contributed by atoms with Gasteiger partial charge in [-0.05, 0) is 43.1 Å². The first kappa shape index (κ1) is 20.3. The molecule has 1 aliphatic heterocycles. The van der Waals surface area contributed by atoms with Crippen molar-refractivity contribution < 1.29 is 17.9 Å². The summed E-state index contributed by atoms with van der Waals surface area (Å²) < 4.78 is 33.5. The average Bonchev–Trinajstić information content (AvgIpc) is 2.93. The van der Waals surface area contributed by atoms with Crippen molar-refractivity contribution >= 4 is 66.6 Å². The summed E-state index contributed by atoms with van der Waals surface area (Å²) in [6.07, 6.45) is 0.0352. The van der Waals surface area contributed by atoms with E-state index in [2.05, 4.69) is 20.7 Å². The van der Waals surface area contributed by atoms with Crippen LogP contribution in [0.3, 0.4) is 0 Å². The van der Waals surface area contributed by atoms with Crippen molar-refractivity contribution in [3.8, 4) is 0 Å². The van der Waals surface area contributed by atoms with Crippen LogP contribution in [-0.4, -0.2) is 44.1 Å². The highest BCUT2D eigenvalue weighted by Crippen LogP contribution is 2.43. The van der Waals surface area contributed by atoms with Crippen LogP contribution in [0.4, 0.5) is 4.79 Å². The van der Waals surface area contributed by atoms with Gasteiger partial charge in [0.1, 0.15) is 19.2 Å². The maximum Gasteiger partial charge on any atom is 0.410 e. The molecule has 0 unspecified atom stereocenters. The van der Waals surface area contributed by atoms with Gasteiger partial charge in [-0.3, -0.25) is 0 Å². The Labute approximate surface area is 163 Å². The van der Waals surface area contributed by atoms with Gasteiger partial charge in [0.05, 0.1) is 4.47 Å². The van der Waals surface area contributed by atoms with Crippen molar-refractivity contribution in [2.24, 2.45) is 0 Å². The first-order chi connectivity index (χ1) is 10.9. The van der Waals surface area contributed by atoms with E-state index in [1.165, 1.54) is 4.90 Å². The third-order valence-electron chi connectivity index (χ3n) is 3.16. The van der Waals surface area contributed by atoms with Crippen molar-refractivity contribution in [1.82, 2.24) is 9.62 Å². The molecule has 0 aliphatic carbocycles. The molecule has 1 N–H and O–H groups in total. The maximum atomic E-state index is 12.5. The van der Waals surface area contributed by atoms with Crippen molar-refractivity contribution in [2.75, 3.05) is 13.1 Å².